The summed E-state index contributed by atoms with van der Waals surface area (Å²) >= 11 is 0. The van der Waals surface area contributed by atoms with Crippen LogP contribution in [-0.4, -0.2) is 23.9 Å². The number of amides is 1. The van der Waals surface area contributed by atoms with Crippen LogP contribution in [0, 0.1) is 24.2 Å². The molecule has 27 heavy (non-hydrogen) atoms. The predicted octanol–water partition coefficient (Wildman–Crippen LogP) is 4.67. The summed E-state index contributed by atoms with van der Waals surface area (Å²) in [6, 6.07) is 18.5. The number of benzene rings is 2. The summed E-state index contributed by atoms with van der Waals surface area (Å²) in [7, 11) is 0. The minimum absolute atomic E-state index is 0.261. The molecule has 1 fully saturated rings. The third-order valence-corrected chi connectivity index (χ3v) is 5.64. The summed E-state index contributed by atoms with van der Waals surface area (Å²) in [5, 5.41) is 8.84. The highest BCUT2D eigenvalue weighted by Gasteiger charge is 2.22. The van der Waals surface area contributed by atoms with E-state index < -0.39 is 0 Å². The molecule has 2 aromatic carbocycles. The van der Waals surface area contributed by atoms with Gasteiger partial charge >= 0.3 is 0 Å². The van der Waals surface area contributed by atoms with Gasteiger partial charge in [-0.3, -0.25) is 4.79 Å². The van der Waals surface area contributed by atoms with Gasteiger partial charge in [0.15, 0.2) is 0 Å². The van der Waals surface area contributed by atoms with E-state index in [0.717, 1.165) is 50.3 Å². The molecule has 0 radical (unpaired) electrons. The second-order valence-corrected chi connectivity index (χ2v) is 7.66. The number of hydrogen-bond acceptors (Lipinski definition) is 2. The number of nitrogens with zero attached hydrogens (tertiary/aromatic N) is 2. The molecule has 1 aliphatic heterocycles. The van der Waals surface area contributed by atoms with Gasteiger partial charge in [0.2, 0.25) is 5.91 Å². The molecule has 2 aromatic rings. The van der Waals surface area contributed by atoms with Crippen LogP contribution in [0.3, 0.4) is 0 Å². The molecule has 0 atom stereocenters. The second kappa shape index (κ2) is 9.37. The number of piperidine rings is 1. The topological polar surface area (TPSA) is 44.1 Å². The van der Waals surface area contributed by atoms with E-state index in [0.29, 0.717) is 12.0 Å². The maximum Gasteiger partial charge on any atom is 0.222 e. The van der Waals surface area contributed by atoms with Crippen LogP contribution in [0.4, 0.5) is 0 Å². The first-order chi connectivity index (χ1) is 13.1. The zero-order valence-electron chi connectivity index (χ0n) is 16.2. The molecule has 1 saturated heterocycles. The van der Waals surface area contributed by atoms with Gasteiger partial charge in [-0.25, -0.2) is 0 Å². The molecule has 3 nitrogen and oxygen atoms in total. The lowest BCUT2D eigenvalue weighted by molar-refractivity contribution is -0.132. The second-order valence-electron chi connectivity index (χ2n) is 7.66. The Labute approximate surface area is 162 Å². The van der Waals surface area contributed by atoms with Gasteiger partial charge in [0.25, 0.3) is 0 Å². The normalized spacial score (nSPS) is 14.7. The number of nitriles is 1. The van der Waals surface area contributed by atoms with Crippen LogP contribution in [0.1, 0.15) is 47.9 Å². The molecule has 1 amide bonds. The van der Waals surface area contributed by atoms with E-state index in [1.54, 1.807) is 0 Å². The third-order valence-electron chi connectivity index (χ3n) is 5.64. The molecule has 1 heterocycles. The van der Waals surface area contributed by atoms with Gasteiger partial charge in [0.05, 0.1) is 11.6 Å². The lowest BCUT2D eigenvalue weighted by Gasteiger charge is -2.32. The van der Waals surface area contributed by atoms with E-state index >= 15 is 0 Å². The van der Waals surface area contributed by atoms with E-state index in [9.17, 15) is 4.79 Å². The van der Waals surface area contributed by atoms with E-state index in [1.165, 1.54) is 17.5 Å². The first-order valence-corrected chi connectivity index (χ1v) is 9.96. The average Bonchev–Trinajstić information content (AvgIpc) is 2.72. The fourth-order valence-electron chi connectivity index (χ4n) is 3.75. The number of likely N-dealkylation sites (tertiary alicyclic amines) is 1. The highest BCUT2D eigenvalue weighted by atomic mass is 16.2. The van der Waals surface area contributed by atoms with E-state index in [2.05, 4.69) is 37.3 Å². The summed E-state index contributed by atoms with van der Waals surface area (Å²) in [5.74, 6) is 0.991. The molecule has 0 aliphatic carbocycles. The first-order valence-electron chi connectivity index (χ1n) is 9.96. The number of rotatable bonds is 6. The summed E-state index contributed by atoms with van der Waals surface area (Å²) in [6.07, 6.45) is 5.90. The van der Waals surface area contributed by atoms with Crippen LogP contribution < -0.4 is 0 Å². The Morgan fingerprint density at radius 2 is 1.59 bits per heavy atom. The highest BCUT2D eigenvalue weighted by Crippen LogP contribution is 2.23. The van der Waals surface area contributed by atoms with Crippen molar-refractivity contribution in [3.8, 4) is 6.07 Å². The highest BCUT2D eigenvalue weighted by molar-refractivity contribution is 5.76. The Morgan fingerprint density at radius 1 is 1.00 bits per heavy atom. The van der Waals surface area contributed by atoms with E-state index in [-0.39, 0.29) is 5.91 Å². The van der Waals surface area contributed by atoms with E-state index in [1.807, 2.05) is 29.2 Å². The molecular formula is C24H28N2O. The van der Waals surface area contributed by atoms with Gasteiger partial charge in [-0.2, -0.15) is 5.26 Å². The van der Waals surface area contributed by atoms with Gasteiger partial charge < -0.3 is 4.90 Å². The molecule has 3 heteroatoms. The Kier molecular flexibility index (Phi) is 6.65. The molecule has 0 saturated carbocycles. The molecule has 3 rings (SSSR count). The third kappa shape index (κ3) is 5.69. The molecule has 0 N–H and O–H groups in total. The zero-order chi connectivity index (χ0) is 19.1. The number of carbonyl (C=O) groups excluding carboxylic acids is 1. The SMILES string of the molecule is Cc1ccc(CCC2CCN(C(=O)CCc3ccc(C#N)cc3)CC2)cc1. The minimum Gasteiger partial charge on any atom is -0.343 e. The van der Waals surface area contributed by atoms with Gasteiger partial charge in [-0.1, -0.05) is 42.0 Å². The smallest absolute Gasteiger partial charge is 0.222 e. The monoisotopic (exact) mass is 360 g/mol. The van der Waals surface area contributed by atoms with Crippen molar-refractivity contribution in [2.45, 2.75) is 45.4 Å². The van der Waals surface area contributed by atoms with Crippen LogP contribution in [0.15, 0.2) is 48.5 Å². The first kappa shape index (κ1) is 19.2. The quantitative estimate of drug-likeness (QED) is 0.751. The van der Waals surface area contributed by atoms with Crippen molar-refractivity contribution in [2.24, 2.45) is 5.92 Å². The van der Waals surface area contributed by atoms with Crippen LogP contribution >= 0.6 is 0 Å². The van der Waals surface area contributed by atoms with Crippen molar-refractivity contribution in [3.05, 3.63) is 70.8 Å². The van der Waals surface area contributed by atoms with Gasteiger partial charge in [-0.15, -0.1) is 0 Å². The molecule has 0 unspecified atom stereocenters. The van der Waals surface area contributed by atoms with Crippen LogP contribution in [0.2, 0.25) is 0 Å². The Balaban J connectivity index is 1.38. The zero-order valence-corrected chi connectivity index (χ0v) is 16.2. The fraction of sp³-hybridized carbons (Fsp3) is 0.417. The molecule has 1 aliphatic rings. The van der Waals surface area contributed by atoms with Crippen molar-refractivity contribution >= 4 is 5.91 Å². The summed E-state index contributed by atoms with van der Waals surface area (Å²) in [4.78, 5) is 14.5. The Hall–Kier alpha value is -2.60. The summed E-state index contributed by atoms with van der Waals surface area (Å²) < 4.78 is 0. The number of aryl methyl sites for hydroxylation is 3. The van der Waals surface area contributed by atoms with Gasteiger partial charge in [0.1, 0.15) is 0 Å². The van der Waals surface area contributed by atoms with E-state index in [4.69, 9.17) is 5.26 Å². The standard InChI is InChI=1S/C24H28N2O/c1-19-2-4-20(5-3-19)6-7-22-14-16-26(17-15-22)24(27)13-12-21-8-10-23(18-25)11-9-21/h2-5,8-11,22H,6-7,12-17H2,1H3. The largest absolute Gasteiger partial charge is 0.343 e. The van der Waals surface area contributed by atoms with Gasteiger partial charge in [0, 0.05) is 19.5 Å². The van der Waals surface area contributed by atoms with Crippen molar-refractivity contribution < 1.29 is 4.79 Å². The Bertz CT molecular complexity index is 779. The maximum atomic E-state index is 12.5. The lowest BCUT2D eigenvalue weighted by atomic mass is 9.90. The van der Waals surface area contributed by atoms with Crippen molar-refractivity contribution in [3.63, 3.8) is 0 Å². The molecule has 140 valence electrons. The van der Waals surface area contributed by atoms with Crippen LogP contribution in [-0.2, 0) is 17.6 Å². The molecular weight excluding hydrogens is 332 g/mol. The molecule has 0 aromatic heterocycles. The fourth-order valence-corrected chi connectivity index (χ4v) is 3.75. The lowest BCUT2D eigenvalue weighted by Crippen LogP contribution is -2.38. The number of hydrogen-bond donors (Lipinski definition) is 0. The van der Waals surface area contributed by atoms with Crippen LogP contribution in [0.25, 0.3) is 0 Å². The van der Waals surface area contributed by atoms with Crippen molar-refractivity contribution in [1.29, 1.82) is 5.26 Å². The van der Waals surface area contributed by atoms with Gasteiger partial charge in [-0.05, 0) is 68.2 Å². The number of carbonyl (C=O) groups is 1. The predicted molar refractivity (Wildman–Crippen MR) is 108 cm³/mol. The maximum absolute atomic E-state index is 12.5. The van der Waals surface area contributed by atoms with Crippen LogP contribution in [0.5, 0.6) is 0 Å². The Morgan fingerprint density at radius 3 is 2.22 bits per heavy atom. The van der Waals surface area contributed by atoms with Crippen molar-refractivity contribution in [1.82, 2.24) is 4.90 Å². The van der Waals surface area contributed by atoms with Crippen molar-refractivity contribution in [2.75, 3.05) is 13.1 Å². The molecule has 0 spiro atoms. The average molecular weight is 361 g/mol. The minimum atomic E-state index is 0.261. The summed E-state index contributed by atoms with van der Waals surface area (Å²) in [5.41, 5.74) is 4.52. The molecule has 0 bridgehead atoms. The summed E-state index contributed by atoms with van der Waals surface area (Å²) in [6.45, 7) is 3.91.